The normalized spacial score (nSPS) is 18.4. The molecule has 1 saturated heterocycles. The highest BCUT2D eigenvalue weighted by Gasteiger charge is 2.39. The topological polar surface area (TPSA) is 59.1 Å². The molecule has 0 saturated carbocycles. The second-order valence-electron chi connectivity index (χ2n) is 7.45. The summed E-state index contributed by atoms with van der Waals surface area (Å²) in [4.78, 5) is 11.6. The van der Waals surface area contributed by atoms with Crippen molar-refractivity contribution in [3.05, 3.63) is 70.8 Å². The lowest BCUT2D eigenvalue weighted by atomic mass is 10.0. The molecule has 3 rings (SSSR count). The van der Waals surface area contributed by atoms with E-state index in [1.165, 1.54) is 13.0 Å². The number of carbonyl (C=O) groups is 1. The number of ether oxygens (including phenoxy) is 2. The monoisotopic (exact) mass is 434 g/mol. The Morgan fingerprint density at radius 1 is 1.26 bits per heavy atom. The molecule has 4 nitrogen and oxygen atoms in total. The van der Waals surface area contributed by atoms with E-state index >= 15 is 0 Å². The minimum Gasteiger partial charge on any atom is -0.507 e. The highest BCUT2D eigenvalue weighted by atomic mass is 19.4. The van der Waals surface area contributed by atoms with Crippen molar-refractivity contribution in [3.63, 3.8) is 0 Å². The van der Waals surface area contributed by atoms with Gasteiger partial charge in [-0.15, -0.1) is 0 Å². The van der Waals surface area contributed by atoms with Crippen LogP contribution >= 0.6 is 0 Å². The number of hydrogen-bond acceptors (Lipinski definition) is 4. The second-order valence-corrected chi connectivity index (χ2v) is 7.45. The summed E-state index contributed by atoms with van der Waals surface area (Å²) in [7, 11) is 0. The second kappa shape index (κ2) is 9.56. The predicted octanol–water partition coefficient (Wildman–Crippen LogP) is 6.03. The zero-order chi connectivity index (χ0) is 22.6. The summed E-state index contributed by atoms with van der Waals surface area (Å²) in [5, 5.41) is 10.4. The van der Waals surface area contributed by atoms with Crippen LogP contribution in [0.1, 0.15) is 59.8 Å². The minimum atomic E-state index is -4.37. The molecule has 7 heteroatoms. The third-order valence-corrected chi connectivity index (χ3v) is 5.05. The van der Waals surface area contributed by atoms with Crippen LogP contribution in [0.25, 0.3) is 0 Å². The summed E-state index contributed by atoms with van der Waals surface area (Å²) in [5.41, 5.74) is 0.723. The first-order valence-corrected chi connectivity index (χ1v) is 10.2. The highest BCUT2D eigenvalue weighted by molar-refractivity contribution is 5.97. The number of benzene rings is 2. The van der Waals surface area contributed by atoms with Crippen LogP contribution in [0.3, 0.4) is 0 Å². The average Bonchev–Trinajstić information content (AvgIpc) is 3.49. The Balaban J connectivity index is 1.53. The number of ketones is 1. The SMILES string of the molecule is CCCc1c(OCCC=C[C@H]2O[C@@H]2c2cccc(C(F)(F)F)c2)ccc(C(C)=O)c1O. The molecule has 0 aromatic heterocycles. The molecule has 166 valence electrons. The molecule has 2 aromatic carbocycles. The lowest BCUT2D eigenvalue weighted by Crippen LogP contribution is -2.05. The van der Waals surface area contributed by atoms with Crippen molar-refractivity contribution in [2.75, 3.05) is 6.61 Å². The van der Waals surface area contributed by atoms with Gasteiger partial charge in [0.25, 0.3) is 0 Å². The number of hydrogen-bond donors (Lipinski definition) is 1. The molecule has 0 aliphatic carbocycles. The van der Waals surface area contributed by atoms with Crippen LogP contribution in [0.4, 0.5) is 13.2 Å². The summed E-state index contributed by atoms with van der Waals surface area (Å²) in [5.74, 6) is 0.309. The molecule has 1 N–H and O–H groups in total. The highest BCUT2D eigenvalue weighted by Crippen LogP contribution is 2.41. The van der Waals surface area contributed by atoms with E-state index in [0.29, 0.717) is 36.3 Å². The van der Waals surface area contributed by atoms with E-state index in [4.69, 9.17) is 9.47 Å². The lowest BCUT2D eigenvalue weighted by molar-refractivity contribution is -0.137. The summed E-state index contributed by atoms with van der Waals surface area (Å²) >= 11 is 0. The molecule has 2 atom stereocenters. The van der Waals surface area contributed by atoms with Gasteiger partial charge in [-0.2, -0.15) is 13.2 Å². The van der Waals surface area contributed by atoms with Gasteiger partial charge in [-0.25, -0.2) is 0 Å². The van der Waals surface area contributed by atoms with Crippen molar-refractivity contribution in [2.24, 2.45) is 0 Å². The number of rotatable bonds is 9. The van der Waals surface area contributed by atoms with Crippen LogP contribution in [0.5, 0.6) is 11.5 Å². The van der Waals surface area contributed by atoms with E-state index in [2.05, 4.69) is 0 Å². The summed E-state index contributed by atoms with van der Waals surface area (Å²) in [6.07, 6.45) is 0.634. The van der Waals surface area contributed by atoms with Gasteiger partial charge in [0.2, 0.25) is 0 Å². The number of phenols is 1. The van der Waals surface area contributed by atoms with Crippen LogP contribution in [0.2, 0.25) is 0 Å². The fraction of sp³-hybridized carbons (Fsp3) is 0.375. The third kappa shape index (κ3) is 5.67. The van der Waals surface area contributed by atoms with Crippen LogP contribution in [0.15, 0.2) is 48.6 Å². The van der Waals surface area contributed by atoms with Crippen molar-refractivity contribution in [3.8, 4) is 11.5 Å². The minimum absolute atomic E-state index is 0.0299. The zero-order valence-electron chi connectivity index (χ0n) is 17.4. The molecule has 0 radical (unpaired) electrons. The number of alkyl halides is 3. The summed E-state index contributed by atoms with van der Waals surface area (Å²) in [6.45, 7) is 3.73. The maximum absolute atomic E-state index is 12.8. The predicted molar refractivity (Wildman–Crippen MR) is 110 cm³/mol. The number of halogens is 3. The van der Waals surface area contributed by atoms with Gasteiger partial charge in [-0.05, 0) is 49.6 Å². The molecule has 0 amide bonds. The zero-order valence-corrected chi connectivity index (χ0v) is 17.4. The lowest BCUT2D eigenvalue weighted by Gasteiger charge is -2.14. The van der Waals surface area contributed by atoms with Gasteiger partial charge in [0.1, 0.15) is 23.7 Å². The van der Waals surface area contributed by atoms with Crippen LogP contribution in [-0.4, -0.2) is 23.6 Å². The third-order valence-electron chi connectivity index (χ3n) is 5.05. The van der Waals surface area contributed by atoms with E-state index in [9.17, 15) is 23.1 Å². The average molecular weight is 434 g/mol. The summed E-state index contributed by atoms with van der Waals surface area (Å²) in [6, 6.07) is 8.42. The molecule has 0 unspecified atom stereocenters. The van der Waals surface area contributed by atoms with E-state index in [1.54, 1.807) is 18.2 Å². The maximum atomic E-state index is 12.8. The van der Waals surface area contributed by atoms with Gasteiger partial charge in [-0.3, -0.25) is 4.79 Å². The van der Waals surface area contributed by atoms with Crippen LogP contribution in [0, 0.1) is 0 Å². The Kier molecular flexibility index (Phi) is 7.05. The van der Waals surface area contributed by atoms with E-state index < -0.39 is 11.7 Å². The summed E-state index contributed by atoms with van der Waals surface area (Å²) < 4.78 is 49.8. The molecule has 1 aliphatic rings. The Labute approximate surface area is 179 Å². The van der Waals surface area contributed by atoms with Crippen molar-refractivity contribution in [1.82, 2.24) is 0 Å². The molecule has 2 aromatic rings. The van der Waals surface area contributed by atoms with E-state index in [1.807, 2.05) is 19.1 Å². The van der Waals surface area contributed by atoms with Crippen molar-refractivity contribution in [2.45, 2.75) is 51.5 Å². The Morgan fingerprint density at radius 2 is 2.03 bits per heavy atom. The number of epoxide rings is 1. The smallest absolute Gasteiger partial charge is 0.416 e. The van der Waals surface area contributed by atoms with Crippen LogP contribution in [-0.2, 0) is 17.3 Å². The molecule has 1 heterocycles. The van der Waals surface area contributed by atoms with Crippen molar-refractivity contribution < 1.29 is 32.5 Å². The molecule has 1 aliphatic heterocycles. The standard InChI is InChI=1S/C24H25F3O4/c1-3-7-19-20(12-11-18(15(2)28)22(19)29)30-13-5-4-10-21-23(31-21)16-8-6-9-17(14-16)24(25,26)27/h4,6,8-12,14,21,23,29H,3,5,7,13H2,1-2H3/t21-,23-/m1/s1. The Morgan fingerprint density at radius 3 is 2.71 bits per heavy atom. The first-order chi connectivity index (χ1) is 14.7. The van der Waals surface area contributed by atoms with E-state index in [0.717, 1.165) is 18.6 Å². The number of phenolic OH excluding ortho intramolecular Hbond substituents is 1. The van der Waals surface area contributed by atoms with Gasteiger partial charge in [-0.1, -0.05) is 37.6 Å². The molecule has 31 heavy (non-hydrogen) atoms. The van der Waals surface area contributed by atoms with Gasteiger partial charge in [0.15, 0.2) is 5.78 Å². The van der Waals surface area contributed by atoms with Gasteiger partial charge >= 0.3 is 6.18 Å². The Bertz CT molecular complexity index is 966. The fourth-order valence-corrected chi connectivity index (χ4v) is 3.43. The van der Waals surface area contributed by atoms with Gasteiger partial charge < -0.3 is 14.6 Å². The molecular weight excluding hydrogens is 409 g/mol. The van der Waals surface area contributed by atoms with Crippen molar-refractivity contribution in [1.29, 1.82) is 0 Å². The largest absolute Gasteiger partial charge is 0.507 e. The van der Waals surface area contributed by atoms with Gasteiger partial charge in [0.05, 0.1) is 17.7 Å². The van der Waals surface area contributed by atoms with Crippen LogP contribution < -0.4 is 4.74 Å². The fourth-order valence-electron chi connectivity index (χ4n) is 3.43. The Hall–Kier alpha value is -2.80. The number of aromatic hydroxyl groups is 1. The first-order valence-electron chi connectivity index (χ1n) is 10.2. The molecule has 0 spiro atoms. The molecule has 1 fully saturated rings. The quantitative estimate of drug-likeness (QED) is 0.227. The van der Waals surface area contributed by atoms with Gasteiger partial charge in [0, 0.05) is 5.56 Å². The van der Waals surface area contributed by atoms with Crippen molar-refractivity contribution >= 4 is 5.78 Å². The first kappa shape index (κ1) is 22.9. The number of carbonyl (C=O) groups excluding carboxylic acids is 1. The molecular formula is C24H25F3O4. The van der Waals surface area contributed by atoms with E-state index in [-0.39, 0.29) is 29.3 Å². The maximum Gasteiger partial charge on any atom is 0.416 e. The molecule has 0 bridgehead atoms. The number of Topliss-reactive ketones (excluding diaryl/α,β-unsaturated/α-hetero) is 1.